The van der Waals surface area contributed by atoms with Crippen molar-refractivity contribution >= 4 is 44.2 Å². The van der Waals surface area contributed by atoms with Gasteiger partial charge in [0.15, 0.2) is 0 Å². The van der Waals surface area contributed by atoms with Crippen LogP contribution >= 0.6 is 38.5 Å². The second-order valence-electron chi connectivity index (χ2n) is 1.95. The Morgan fingerprint density at radius 1 is 1.50 bits per heavy atom. The molecule has 1 nitrogen and oxygen atoms in total. The van der Waals surface area contributed by atoms with Crippen LogP contribution in [0.4, 0.5) is 5.69 Å². The molecule has 2 N–H and O–H groups in total. The van der Waals surface area contributed by atoms with Gasteiger partial charge in [-0.05, 0) is 34.2 Å². The number of hydrogen-bond acceptors (Lipinski definition) is 1. The highest BCUT2D eigenvalue weighted by Gasteiger charge is 1.98. The van der Waals surface area contributed by atoms with Crippen molar-refractivity contribution in [2.24, 2.45) is 0 Å². The van der Waals surface area contributed by atoms with Crippen LogP contribution in [0, 0.1) is 3.57 Å². The fraction of sp³-hybridized carbons (Fsp3) is 0.143. The summed E-state index contributed by atoms with van der Waals surface area (Å²) in [6.07, 6.45) is 0. The van der Waals surface area contributed by atoms with Gasteiger partial charge in [0.05, 0.1) is 0 Å². The molecular formula is C7H7BrIN. The minimum absolute atomic E-state index is 0.829. The van der Waals surface area contributed by atoms with Gasteiger partial charge in [-0.3, -0.25) is 0 Å². The van der Waals surface area contributed by atoms with E-state index in [0.29, 0.717) is 0 Å². The Bertz CT molecular complexity index is 237. The quantitative estimate of drug-likeness (QED) is 0.482. The Morgan fingerprint density at radius 3 is 2.70 bits per heavy atom. The van der Waals surface area contributed by atoms with E-state index in [-0.39, 0.29) is 0 Å². The summed E-state index contributed by atoms with van der Waals surface area (Å²) < 4.78 is 1.12. The third-order valence-corrected chi connectivity index (χ3v) is 2.83. The first-order valence-corrected chi connectivity index (χ1v) is 5.04. The molecule has 0 fully saturated rings. The smallest absolute Gasteiger partial charge is 0.0490 e. The second-order valence-corrected chi connectivity index (χ2v) is 3.67. The highest BCUT2D eigenvalue weighted by atomic mass is 127. The molecular weight excluding hydrogens is 305 g/mol. The van der Waals surface area contributed by atoms with Crippen molar-refractivity contribution in [3.05, 3.63) is 27.3 Å². The predicted octanol–water partition coefficient (Wildman–Crippen LogP) is 2.77. The van der Waals surface area contributed by atoms with Crippen LogP contribution in [0.2, 0.25) is 0 Å². The summed E-state index contributed by atoms with van der Waals surface area (Å²) >= 11 is 5.59. The molecule has 0 bridgehead atoms. The maximum absolute atomic E-state index is 5.76. The van der Waals surface area contributed by atoms with Crippen LogP contribution in [0.15, 0.2) is 18.2 Å². The maximum atomic E-state index is 5.76. The fourth-order valence-electron chi connectivity index (χ4n) is 0.698. The largest absolute Gasteiger partial charge is 0.398 e. The van der Waals surface area contributed by atoms with Crippen molar-refractivity contribution < 1.29 is 0 Å². The Hall–Kier alpha value is 0.230. The minimum Gasteiger partial charge on any atom is -0.398 e. The van der Waals surface area contributed by atoms with Crippen molar-refractivity contribution in [3.63, 3.8) is 0 Å². The first-order valence-electron chi connectivity index (χ1n) is 2.84. The average molecular weight is 312 g/mol. The van der Waals surface area contributed by atoms with Crippen molar-refractivity contribution in [2.45, 2.75) is 5.33 Å². The van der Waals surface area contributed by atoms with Gasteiger partial charge in [0.2, 0.25) is 0 Å². The van der Waals surface area contributed by atoms with Gasteiger partial charge in [0.1, 0.15) is 0 Å². The second kappa shape index (κ2) is 3.57. The van der Waals surface area contributed by atoms with Crippen molar-refractivity contribution in [1.29, 1.82) is 0 Å². The lowest BCUT2D eigenvalue weighted by Crippen LogP contribution is -1.93. The molecule has 0 atom stereocenters. The van der Waals surface area contributed by atoms with Gasteiger partial charge in [-0.1, -0.05) is 28.1 Å². The van der Waals surface area contributed by atoms with Gasteiger partial charge in [-0.15, -0.1) is 0 Å². The van der Waals surface area contributed by atoms with E-state index in [2.05, 4.69) is 38.5 Å². The standard InChI is InChI=1S/C7H7BrIN/c8-4-5-2-1-3-6(9)7(5)10/h1-3H,4,10H2. The van der Waals surface area contributed by atoms with Gasteiger partial charge in [-0.25, -0.2) is 0 Å². The van der Waals surface area contributed by atoms with Gasteiger partial charge in [-0.2, -0.15) is 0 Å². The third-order valence-electron chi connectivity index (χ3n) is 1.29. The van der Waals surface area contributed by atoms with Crippen LogP contribution in [-0.4, -0.2) is 0 Å². The van der Waals surface area contributed by atoms with E-state index in [1.165, 1.54) is 0 Å². The number of nitrogen functional groups attached to an aromatic ring is 1. The number of anilines is 1. The number of alkyl halides is 1. The monoisotopic (exact) mass is 311 g/mol. The molecule has 1 aromatic carbocycles. The summed E-state index contributed by atoms with van der Waals surface area (Å²) in [6.45, 7) is 0. The van der Waals surface area contributed by atoms with Crippen molar-refractivity contribution in [3.8, 4) is 0 Å². The van der Waals surface area contributed by atoms with Gasteiger partial charge < -0.3 is 5.73 Å². The number of nitrogens with two attached hydrogens (primary N) is 1. The van der Waals surface area contributed by atoms with Crippen LogP contribution in [-0.2, 0) is 5.33 Å². The molecule has 0 amide bonds. The maximum Gasteiger partial charge on any atom is 0.0490 e. The molecule has 0 unspecified atom stereocenters. The lowest BCUT2D eigenvalue weighted by molar-refractivity contribution is 1.42. The first-order chi connectivity index (χ1) is 4.75. The summed E-state index contributed by atoms with van der Waals surface area (Å²) in [6, 6.07) is 6.03. The van der Waals surface area contributed by atoms with E-state index >= 15 is 0 Å². The molecule has 0 aliphatic rings. The van der Waals surface area contributed by atoms with Crippen LogP contribution in [0.3, 0.4) is 0 Å². The highest BCUT2D eigenvalue weighted by molar-refractivity contribution is 14.1. The number of benzene rings is 1. The summed E-state index contributed by atoms with van der Waals surface area (Å²) in [5.74, 6) is 0. The first kappa shape index (κ1) is 8.33. The Balaban J connectivity index is 3.14. The third kappa shape index (κ3) is 1.63. The summed E-state index contributed by atoms with van der Waals surface area (Å²) in [5, 5.41) is 0.829. The molecule has 10 heavy (non-hydrogen) atoms. The Kier molecular flexibility index (Phi) is 2.97. The molecule has 0 aromatic heterocycles. The van der Waals surface area contributed by atoms with E-state index in [0.717, 1.165) is 20.2 Å². The van der Waals surface area contributed by atoms with E-state index in [1.54, 1.807) is 0 Å². The zero-order valence-electron chi connectivity index (χ0n) is 5.27. The molecule has 3 heteroatoms. The minimum atomic E-state index is 0.829. The van der Waals surface area contributed by atoms with E-state index in [1.807, 2.05) is 18.2 Å². The van der Waals surface area contributed by atoms with E-state index < -0.39 is 0 Å². The molecule has 0 spiro atoms. The number of halogens is 2. The molecule has 1 rings (SSSR count). The zero-order valence-corrected chi connectivity index (χ0v) is 9.02. The molecule has 1 aromatic rings. The molecule has 0 radical (unpaired) electrons. The topological polar surface area (TPSA) is 26.0 Å². The van der Waals surface area contributed by atoms with Gasteiger partial charge >= 0.3 is 0 Å². The van der Waals surface area contributed by atoms with Crippen LogP contribution in [0.1, 0.15) is 5.56 Å². The van der Waals surface area contributed by atoms with Gasteiger partial charge in [0, 0.05) is 14.6 Å². The summed E-state index contributed by atoms with van der Waals surface area (Å²) in [7, 11) is 0. The summed E-state index contributed by atoms with van der Waals surface area (Å²) in [4.78, 5) is 0. The van der Waals surface area contributed by atoms with Crippen LogP contribution < -0.4 is 5.73 Å². The van der Waals surface area contributed by atoms with Crippen molar-refractivity contribution in [1.82, 2.24) is 0 Å². The lowest BCUT2D eigenvalue weighted by Gasteiger charge is -2.02. The summed E-state index contributed by atoms with van der Waals surface area (Å²) in [5.41, 5.74) is 7.80. The zero-order chi connectivity index (χ0) is 7.56. The normalized spacial score (nSPS) is 9.80. The Morgan fingerprint density at radius 2 is 2.20 bits per heavy atom. The lowest BCUT2D eigenvalue weighted by atomic mass is 10.2. The molecule has 0 saturated heterocycles. The Labute approximate surface area is 82.3 Å². The SMILES string of the molecule is Nc1c(I)cccc1CBr. The fourth-order valence-corrected chi connectivity index (χ4v) is 1.74. The van der Waals surface area contributed by atoms with E-state index in [9.17, 15) is 0 Å². The van der Waals surface area contributed by atoms with Crippen molar-refractivity contribution in [2.75, 3.05) is 5.73 Å². The molecule has 0 saturated carbocycles. The highest BCUT2D eigenvalue weighted by Crippen LogP contribution is 2.20. The predicted molar refractivity (Wildman–Crippen MR) is 56.2 cm³/mol. The number of rotatable bonds is 1. The number of para-hydroxylation sites is 1. The molecule has 0 heterocycles. The van der Waals surface area contributed by atoms with Gasteiger partial charge in [0.25, 0.3) is 0 Å². The molecule has 0 aliphatic heterocycles. The average Bonchev–Trinajstić information content (AvgIpc) is 1.95. The van der Waals surface area contributed by atoms with Crippen LogP contribution in [0.25, 0.3) is 0 Å². The molecule has 0 aliphatic carbocycles. The number of hydrogen-bond donors (Lipinski definition) is 1. The van der Waals surface area contributed by atoms with E-state index in [4.69, 9.17) is 5.73 Å². The molecule has 54 valence electrons. The van der Waals surface area contributed by atoms with Crippen LogP contribution in [0.5, 0.6) is 0 Å².